The molecule has 0 aliphatic carbocycles. The number of methoxy groups -OCH3 is 1. The van der Waals surface area contributed by atoms with Crippen LogP contribution in [-0.4, -0.2) is 18.2 Å². The molecule has 86 valence electrons. The molecule has 0 aromatic carbocycles. The molecular formula is C10H11NO5. The fourth-order valence-electron chi connectivity index (χ4n) is 1.60. The normalized spacial score (nSPS) is 16.7. The van der Waals surface area contributed by atoms with Crippen molar-refractivity contribution in [3.05, 3.63) is 29.5 Å². The number of hydrogen-bond donors (Lipinski definition) is 0. The first-order valence-corrected chi connectivity index (χ1v) is 4.64. The van der Waals surface area contributed by atoms with Crippen molar-refractivity contribution in [2.24, 2.45) is 0 Å². The molecule has 6 heteroatoms. The third-order valence-electron chi connectivity index (χ3n) is 2.34. The third-order valence-corrected chi connectivity index (χ3v) is 2.34. The molecule has 1 aliphatic rings. The number of rotatable bonds is 2. The maximum atomic E-state index is 11.5. The second-order valence-corrected chi connectivity index (χ2v) is 3.41. The first-order valence-electron chi connectivity index (χ1n) is 4.64. The Bertz CT molecular complexity index is 440. The molecule has 0 fully saturated rings. The van der Waals surface area contributed by atoms with E-state index in [4.69, 9.17) is 14.0 Å². The summed E-state index contributed by atoms with van der Waals surface area (Å²) in [6, 6.07) is 0. The van der Waals surface area contributed by atoms with Crippen molar-refractivity contribution < 1.29 is 23.5 Å². The van der Waals surface area contributed by atoms with E-state index in [9.17, 15) is 4.79 Å². The molecule has 6 nitrogen and oxygen atoms in total. The van der Waals surface area contributed by atoms with Crippen molar-refractivity contribution in [2.45, 2.75) is 19.6 Å². The van der Waals surface area contributed by atoms with Crippen LogP contribution in [0.3, 0.4) is 0 Å². The van der Waals surface area contributed by atoms with Crippen LogP contribution in [0.4, 0.5) is 0 Å². The molecule has 0 N–H and O–H groups in total. The number of aromatic nitrogens is 1. The zero-order valence-electron chi connectivity index (χ0n) is 9.14. The molecule has 0 bridgehead atoms. The number of carbonyl (C=O) groups is 1. The van der Waals surface area contributed by atoms with E-state index in [1.54, 1.807) is 13.8 Å². The molecule has 1 aromatic rings. The summed E-state index contributed by atoms with van der Waals surface area (Å²) in [5.41, 5.74) is 0.496. The number of carbonyl (C=O) groups excluding carboxylic acids is 1. The van der Waals surface area contributed by atoms with Gasteiger partial charge >= 0.3 is 5.97 Å². The summed E-state index contributed by atoms with van der Waals surface area (Å²) in [6.07, 6.45) is 2.79. The Morgan fingerprint density at radius 2 is 2.06 bits per heavy atom. The molecule has 2 rings (SSSR count). The lowest BCUT2D eigenvalue weighted by Crippen LogP contribution is -2.25. The van der Waals surface area contributed by atoms with Crippen LogP contribution in [0.2, 0.25) is 0 Å². The molecule has 0 radical (unpaired) electrons. The van der Waals surface area contributed by atoms with Crippen LogP contribution in [0.5, 0.6) is 0 Å². The van der Waals surface area contributed by atoms with Gasteiger partial charge in [0.25, 0.3) is 5.79 Å². The van der Waals surface area contributed by atoms with Crippen LogP contribution >= 0.6 is 0 Å². The molecule has 0 saturated heterocycles. The van der Waals surface area contributed by atoms with E-state index in [-0.39, 0.29) is 5.69 Å². The van der Waals surface area contributed by atoms with Crippen LogP contribution in [-0.2, 0) is 20.0 Å². The fourth-order valence-corrected chi connectivity index (χ4v) is 1.60. The predicted molar refractivity (Wildman–Crippen MR) is 51.2 cm³/mol. The van der Waals surface area contributed by atoms with Crippen LogP contribution < -0.4 is 0 Å². The summed E-state index contributed by atoms with van der Waals surface area (Å²) >= 11 is 0. The Balaban J connectivity index is 2.47. The number of ether oxygens (including phenoxy) is 3. The van der Waals surface area contributed by atoms with E-state index in [0.29, 0.717) is 11.3 Å². The summed E-state index contributed by atoms with van der Waals surface area (Å²) in [6.45, 7) is 3.34. The van der Waals surface area contributed by atoms with Gasteiger partial charge in [-0.25, -0.2) is 4.79 Å². The van der Waals surface area contributed by atoms with E-state index in [0.717, 1.165) is 0 Å². The molecule has 0 unspecified atom stereocenters. The second kappa shape index (κ2) is 3.55. The van der Waals surface area contributed by atoms with E-state index < -0.39 is 11.8 Å². The van der Waals surface area contributed by atoms with E-state index in [1.165, 1.54) is 19.6 Å². The van der Waals surface area contributed by atoms with Gasteiger partial charge < -0.3 is 18.7 Å². The summed E-state index contributed by atoms with van der Waals surface area (Å²) in [7, 11) is 1.27. The van der Waals surface area contributed by atoms with Gasteiger partial charge in [0.2, 0.25) is 5.69 Å². The summed E-state index contributed by atoms with van der Waals surface area (Å²) in [5.74, 6) is -1.23. The van der Waals surface area contributed by atoms with Gasteiger partial charge in [-0.15, -0.1) is 0 Å². The number of nitrogens with zero attached hydrogens (tertiary/aromatic N) is 1. The molecule has 16 heavy (non-hydrogen) atoms. The largest absolute Gasteiger partial charge is 0.464 e. The van der Waals surface area contributed by atoms with E-state index in [1.807, 2.05) is 0 Å². The Hall–Kier alpha value is -1.98. The molecule has 1 aromatic heterocycles. The maximum Gasteiger partial charge on any atom is 0.360 e. The van der Waals surface area contributed by atoms with Crippen molar-refractivity contribution in [1.82, 2.24) is 5.16 Å². The Morgan fingerprint density at radius 1 is 1.44 bits per heavy atom. The molecule has 0 spiro atoms. The van der Waals surface area contributed by atoms with Gasteiger partial charge in [0.05, 0.1) is 7.11 Å². The summed E-state index contributed by atoms with van der Waals surface area (Å²) < 4.78 is 20.1. The lowest BCUT2D eigenvalue weighted by molar-refractivity contribution is -0.134. The minimum Gasteiger partial charge on any atom is -0.464 e. The zero-order chi connectivity index (χ0) is 11.8. The van der Waals surface area contributed by atoms with Crippen LogP contribution in [0.25, 0.3) is 0 Å². The first-order chi connectivity index (χ1) is 7.58. The molecule has 2 heterocycles. The van der Waals surface area contributed by atoms with Crippen LogP contribution in [0.15, 0.2) is 17.0 Å². The third kappa shape index (κ3) is 1.42. The number of esters is 1. The zero-order valence-corrected chi connectivity index (χ0v) is 9.14. The molecule has 0 saturated carbocycles. The standard InChI is InChI=1S/C10H11NO5/c1-6-7(10(2)14-4-5-15-10)8(11-16-6)9(12)13-3/h4-5H,1-3H3. The smallest absolute Gasteiger partial charge is 0.360 e. The Kier molecular flexibility index (Phi) is 2.34. The van der Waals surface area contributed by atoms with Crippen molar-refractivity contribution >= 4 is 5.97 Å². The van der Waals surface area contributed by atoms with Gasteiger partial charge in [-0.2, -0.15) is 0 Å². The van der Waals surface area contributed by atoms with Gasteiger partial charge in [0.1, 0.15) is 23.8 Å². The average Bonchev–Trinajstić information content (AvgIpc) is 2.84. The highest BCUT2D eigenvalue weighted by atomic mass is 16.7. The number of hydrogen-bond acceptors (Lipinski definition) is 6. The van der Waals surface area contributed by atoms with Crippen molar-refractivity contribution in [1.29, 1.82) is 0 Å². The van der Waals surface area contributed by atoms with E-state index in [2.05, 4.69) is 9.89 Å². The monoisotopic (exact) mass is 225 g/mol. The molecule has 1 aliphatic heterocycles. The minimum atomic E-state index is -1.09. The second-order valence-electron chi connectivity index (χ2n) is 3.41. The molecule has 0 amide bonds. The Labute approximate surface area is 91.8 Å². The maximum absolute atomic E-state index is 11.5. The Morgan fingerprint density at radius 3 is 2.62 bits per heavy atom. The van der Waals surface area contributed by atoms with Crippen molar-refractivity contribution in [2.75, 3.05) is 7.11 Å². The highest BCUT2D eigenvalue weighted by Gasteiger charge is 2.41. The van der Waals surface area contributed by atoms with Crippen LogP contribution in [0, 0.1) is 6.92 Å². The SMILES string of the molecule is COC(=O)c1noc(C)c1C1(C)OC=CO1. The lowest BCUT2D eigenvalue weighted by atomic mass is 10.1. The van der Waals surface area contributed by atoms with Gasteiger partial charge in [-0.1, -0.05) is 5.16 Å². The minimum absolute atomic E-state index is 0.0613. The molecule has 0 atom stereocenters. The van der Waals surface area contributed by atoms with Gasteiger partial charge in [0.15, 0.2) is 0 Å². The number of aryl methyl sites for hydroxylation is 1. The van der Waals surface area contributed by atoms with Gasteiger partial charge in [-0.05, 0) is 6.92 Å². The summed E-state index contributed by atoms with van der Waals surface area (Å²) in [5, 5.41) is 3.64. The highest BCUT2D eigenvalue weighted by Crippen LogP contribution is 2.35. The summed E-state index contributed by atoms with van der Waals surface area (Å²) in [4.78, 5) is 11.5. The topological polar surface area (TPSA) is 70.8 Å². The highest BCUT2D eigenvalue weighted by molar-refractivity contribution is 5.89. The first kappa shape index (κ1) is 10.5. The van der Waals surface area contributed by atoms with Gasteiger partial charge in [0, 0.05) is 6.92 Å². The molecular weight excluding hydrogens is 214 g/mol. The fraction of sp³-hybridized carbons (Fsp3) is 0.400. The van der Waals surface area contributed by atoms with Crippen molar-refractivity contribution in [3.8, 4) is 0 Å². The predicted octanol–water partition coefficient (Wildman–Crippen LogP) is 1.46. The lowest BCUT2D eigenvalue weighted by Gasteiger charge is -2.22. The van der Waals surface area contributed by atoms with E-state index >= 15 is 0 Å². The van der Waals surface area contributed by atoms with Crippen LogP contribution in [0.1, 0.15) is 28.7 Å². The average molecular weight is 225 g/mol. The van der Waals surface area contributed by atoms with Crippen molar-refractivity contribution in [3.63, 3.8) is 0 Å². The van der Waals surface area contributed by atoms with Gasteiger partial charge in [-0.3, -0.25) is 0 Å². The quantitative estimate of drug-likeness (QED) is 0.709.